The highest BCUT2D eigenvalue weighted by atomic mass is 35.5. The van der Waals surface area contributed by atoms with Gasteiger partial charge in [-0.2, -0.15) is 0 Å². The number of aliphatic hydroxyl groups is 1. The molecule has 0 fully saturated rings. The summed E-state index contributed by atoms with van der Waals surface area (Å²) in [7, 11) is 1.97. The Bertz CT molecular complexity index is 768. The number of furan rings is 1. The highest BCUT2D eigenvalue weighted by Crippen LogP contribution is 2.24. The van der Waals surface area contributed by atoms with E-state index < -0.39 is 6.10 Å². The molecule has 0 spiro atoms. The van der Waals surface area contributed by atoms with Gasteiger partial charge in [0.05, 0.1) is 12.6 Å². The standard InChI is InChI=1S/C20H20ClNO2/c1-22(14-19(23)15-5-3-2-4-6-15)13-18-11-12-20(24-18)16-7-9-17(21)10-8-16/h2-12,19,23H,13-14H2,1H3. The van der Waals surface area contributed by atoms with Gasteiger partial charge in [-0.05, 0) is 49.0 Å². The number of aliphatic hydroxyl groups excluding tert-OH is 1. The van der Waals surface area contributed by atoms with Crippen molar-refractivity contribution in [2.24, 2.45) is 0 Å². The first kappa shape index (κ1) is 16.8. The lowest BCUT2D eigenvalue weighted by Gasteiger charge is -2.19. The van der Waals surface area contributed by atoms with Gasteiger partial charge in [-0.3, -0.25) is 4.90 Å². The number of rotatable bonds is 6. The van der Waals surface area contributed by atoms with Gasteiger partial charge in [-0.1, -0.05) is 41.9 Å². The van der Waals surface area contributed by atoms with Gasteiger partial charge < -0.3 is 9.52 Å². The van der Waals surface area contributed by atoms with Crippen molar-refractivity contribution in [2.75, 3.05) is 13.6 Å². The molecule has 3 rings (SSSR count). The van der Waals surface area contributed by atoms with E-state index in [2.05, 4.69) is 0 Å². The maximum Gasteiger partial charge on any atom is 0.134 e. The molecule has 4 heteroatoms. The number of hydrogen-bond acceptors (Lipinski definition) is 3. The van der Waals surface area contributed by atoms with Crippen molar-refractivity contribution < 1.29 is 9.52 Å². The Kier molecular flexibility index (Phi) is 5.36. The highest BCUT2D eigenvalue weighted by Gasteiger charge is 2.12. The summed E-state index contributed by atoms with van der Waals surface area (Å²) in [6.07, 6.45) is -0.512. The molecule has 124 valence electrons. The Morgan fingerprint density at radius 2 is 1.71 bits per heavy atom. The lowest BCUT2D eigenvalue weighted by molar-refractivity contribution is 0.120. The molecule has 1 heterocycles. The Morgan fingerprint density at radius 3 is 2.42 bits per heavy atom. The molecule has 0 saturated heterocycles. The van der Waals surface area contributed by atoms with Crippen molar-refractivity contribution in [1.29, 1.82) is 0 Å². The number of benzene rings is 2. The number of halogens is 1. The second-order valence-corrected chi connectivity index (χ2v) is 6.33. The van der Waals surface area contributed by atoms with E-state index in [1.807, 2.05) is 78.7 Å². The van der Waals surface area contributed by atoms with Gasteiger partial charge in [0.2, 0.25) is 0 Å². The lowest BCUT2D eigenvalue weighted by Crippen LogP contribution is -2.24. The quantitative estimate of drug-likeness (QED) is 0.702. The summed E-state index contributed by atoms with van der Waals surface area (Å²) in [6, 6.07) is 21.2. The first-order valence-electron chi connectivity index (χ1n) is 7.88. The summed E-state index contributed by atoms with van der Waals surface area (Å²) < 4.78 is 5.90. The molecule has 1 N–H and O–H groups in total. The van der Waals surface area contributed by atoms with Crippen LogP contribution in [0.15, 0.2) is 71.1 Å². The summed E-state index contributed by atoms with van der Waals surface area (Å²) >= 11 is 5.91. The summed E-state index contributed by atoms with van der Waals surface area (Å²) in [6.45, 7) is 1.18. The van der Waals surface area contributed by atoms with Crippen molar-refractivity contribution >= 4 is 11.6 Å². The van der Waals surface area contributed by atoms with Crippen LogP contribution < -0.4 is 0 Å². The van der Waals surface area contributed by atoms with Crippen molar-refractivity contribution in [3.8, 4) is 11.3 Å². The van der Waals surface area contributed by atoms with Crippen LogP contribution in [0.2, 0.25) is 5.02 Å². The van der Waals surface area contributed by atoms with Gasteiger partial charge in [0.25, 0.3) is 0 Å². The molecule has 1 aromatic heterocycles. The maximum atomic E-state index is 10.3. The van der Waals surface area contributed by atoms with Crippen molar-refractivity contribution in [3.63, 3.8) is 0 Å². The predicted octanol–water partition coefficient (Wildman–Crippen LogP) is 4.77. The summed E-state index contributed by atoms with van der Waals surface area (Å²) in [4.78, 5) is 2.04. The van der Waals surface area contributed by atoms with Crippen LogP contribution in [0.4, 0.5) is 0 Å². The first-order valence-corrected chi connectivity index (χ1v) is 8.26. The SMILES string of the molecule is CN(Cc1ccc(-c2ccc(Cl)cc2)o1)CC(O)c1ccccc1. The molecule has 3 aromatic rings. The van der Waals surface area contributed by atoms with E-state index in [1.54, 1.807) is 0 Å². The molecular formula is C20H20ClNO2. The first-order chi connectivity index (χ1) is 11.6. The van der Waals surface area contributed by atoms with E-state index in [1.165, 1.54) is 0 Å². The maximum absolute atomic E-state index is 10.3. The molecule has 0 radical (unpaired) electrons. The van der Waals surface area contributed by atoms with E-state index >= 15 is 0 Å². The van der Waals surface area contributed by atoms with Crippen LogP contribution in [0.3, 0.4) is 0 Å². The zero-order valence-corrected chi connectivity index (χ0v) is 14.3. The molecular weight excluding hydrogens is 322 g/mol. The normalized spacial score (nSPS) is 12.5. The van der Waals surface area contributed by atoms with Crippen LogP contribution in [-0.4, -0.2) is 23.6 Å². The van der Waals surface area contributed by atoms with Crippen molar-refractivity contribution in [2.45, 2.75) is 12.6 Å². The molecule has 0 aliphatic rings. The minimum atomic E-state index is -0.512. The lowest BCUT2D eigenvalue weighted by atomic mass is 10.1. The van der Waals surface area contributed by atoms with Gasteiger partial charge in [0.1, 0.15) is 11.5 Å². The zero-order valence-electron chi connectivity index (χ0n) is 13.5. The molecule has 0 saturated carbocycles. The molecule has 1 unspecified atom stereocenters. The highest BCUT2D eigenvalue weighted by molar-refractivity contribution is 6.30. The molecule has 0 aliphatic heterocycles. The van der Waals surface area contributed by atoms with E-state index in [0.29, 0.717) is 18.1 Å². The third-order valence-electron chi connectivity index (χ3n) is 3.89. The minimum absolute atomic E-state index is 0.512. The van der Waals surface area contributed by atoms with E-state index in [0.717, 1.165) is 22.6 Å². The average molecular weight is 342 g/mol. The van der Waals surface area contributed by atoms with E-state index in [9.17, 15) is 5.11 Å². The van der Waals surface area contributed by atoms with Crippen LogP contribution in [0.1, 0.15) is 17.4 Å². The fraction of sp³-hybridized carbons (Fsp3) is 0.200. The average Bonchev–Trinajstić information content (AvgIpc) is 3.04. The second-order valence-electron chi connectivity index (χ2n) is 5.90. The fourth-order valence-electron chi connectivity index (χ4n) is 2.64. The van der Waals surface area contributed by atoms with Crippen LogP contribution in [0.25, 0.3) is 11.3 Å². The Labute approximate surface area is 147 Å². The molecule has 3 nitrogen and oxygen atoms in total. The van der Waals surface area contributed by atoms with Crippen molar-refractivity contribution in [1.82, 2.24) is 4.90 Å². The fourth-order valence-corrected chi connectivity index (χ4v) is 2.76. The Morgan fingerprint density at radius 1 is 1.00 bits per heavy atom. The van der Waals surface area contributed by atoms with Gasteiger partial charge in [-0.25, -0.2) is 0 Å². The molecule has 24 heavy (non-hydrogen) atoms. The number of hydrogen-bond donors (Lipinski definition) is 1. The predicted molar refractivity (Wildman–Crippen MR) is 96.9 cm³/mol. The van der Waals surface area contributed by atoms with Gasteiger partial charge in [-0.15, -0.1) is 0 Å². The van der Waals surface area contributed by atoms with Crippen LogP contribution in [0.5, 0.6) is 0 Å². The Balaban J connectivity index is 1.61. The van der Waals surface area contributed by atoms with Gasteiger partial charge >= 0.3 is 0 Å². The largest absolute Gasteiger partial charge is 0.460 e. The van der Waals surface area contributed by atoms with Crippen LogP contribution >= 0.6 is 11.6 Å². The van der Waals surface area contributed by atoms with E-state index in [-0.39, 0.29) is 0 Å². The summed E-state index contributed by atoms with van der Waals surface area (Å²) in [5.41, 5.74) is 1.92. The number of likely N-dealkylation sites (N-methyl/N-ethyl adjacent to an activating group) is 1. The molecule has 2 aromatic carbocycles. The Hall–Kier alpha value is -2.07. The monoisotopic (exact) mass is 341 g/mol. The minimum Gasteiger partial charge on any atom is -0.460 e. The van der Waals surface area contributed by atoms with Crippen LogP contribution in [0, 0.1) is 0 Å². The van der Waals surface area contributed by atoms with Crippen LogP contribution in [-0.2, 0) is 6.54 Å². The number of nitrogens with zero attached hydrogens (tertiary/aromatic N) is 1. The molecule has 1 atom stereocenters. The second kappa shape index (κ2) is 7.67. The van der Waals surface area contributed by atoms with E-state index in [4.69, 9.17) is 16.0 Å². The smallest absolute Gasteiger partial charge is 0.134 e. The topological polar surface area (TPSA) is 36.6 Å². The summed E-state index contributed by atoms with van der Waals surface area (Å²) in [5, 5.41) is 11.0. The summed E-state index contributed by atoms with van der Waals surface area (Å²) in [5.74, 6) is 1.68. The van der Waals surface area contributed by atoms with Crippen molar-refractivity contribution in [3.05, 3.63) is 83.1 Å². The molecule has 0 bridgehead atoms. The zero-order chi connectivity index (χ0) is 16.9. The molecule has 0 amide bonds. The third-order valence-corrected chi connectivity index (χ3v) is 4.14. The van der Waals surface area contributed by atoms with Gasteiger partial charge in [0, 0.05) is 17.1 Å². The van der Waals surface area contributed by atoms with Gasteiger partial charge in [0.15, 0.2) is 0 Å². The third kappa shape index (κ3) is 4.26. The molecule has 0 aliphatic carbocycles.